The summed E-state index contributed by atoms with van der Waals surface area (Å²) in [6.45, 7) is 0.277. The average molecular weight is 236 g/mol. The van der Waals surface area contributed by atoms with Gasteiger partial charge in [-0.1, -0.05) is 24.3 Å². The summed E-state index contributed by atoms with van der Waals surface area (Å²) in [5, 5.41) is 0. The molecule has 1 aromatic carbocycles. The van der Waals surface area contributed by atoms with Gasteiger partial charge in [0.05, 0.1) is 11.1 Å². The predicted octanol–water partition coefficient (Wildman–Crippen LogP) is 2.08. The molecule has 0 aromatic heterocycles. The molecule has 4 heteroatoms. The van der Waals surface area contributed by atoms with Crippen molar-refractivity contribution in [2.75, 3.05) is 12.4 Å². The van der Waals surface area contributed by atoms with Crippen molar-refractivity contribution in [3.8, 4) is 0 Å². The number of hydrogen-bond donors (Lipinski definition) is 0. The van der Waals surface area contributed by atoms with Crippen LogP contribution in [0.2, 0.25) is 0 Å². The van der Waals surface area contributed by atoms with Gasteiger partial charge in [0.15, 0.2) is 0 Å². The van der Waals surface area contributed by atoms with Crippen LogP contribution in [-0.4, -0.2) is 29.1 Å². The lowest BCUT2D eigenvalue weighted by atomic mass is 10.1. The third kappa shape index (κ3) is 1.74. The molecule has 0 atom stereocenters. The van der Waals surface area contributed by atoms with Gasteiger partial charge < -0.3 is 0 Å². The molecule has 0 unspecified atom stereocenters. The second kappa shape index (κ2) is 4.49. The number of allylic oxidation sites excluding steroid dienone is 1. The first-order chi connectivity index (χ1) is 7.75. The number of imide groups is 1. The number of alkyl halides is 1. The smallest absolute Gasteiger partial charge is 0.261 e. The van der Waals surface area contributed by atoms with Crippen molar-refractivity contribution in [3.05, 3.63) is 47.5 Å². The molecular weight excluding hydrogens is 226 g/mol. The molecule has 0 bridgehead atoms. The van der Waals surface area contributed by atoms with E-state index >= 15 is 0 Å². The fraction of sp³-hybridized carbons (Fsp3) is 0.167. The van der Waals surface area contributed by atoms with Crippen LogP contribution >= 0.6 is 11.6 Å². The Bertz CT molecular complexity index is 433. The molecule has 2 amide bonds. The normalized spacial score (nSPS) is 14.9. The van der Waals surface area contributed by atoms with E-state index in [0.29, 0.717) is 17.0 Å². The molecule has 0 saturated carbocycles. The Kier molecular flexibility index (Phi) is 3.06. The molecule has 1 aromatic rings. The molecule has 0 fully saturated rings. The van der Waals surface area contributed by atoms with Crippen molar-refractivity contribution in [3.63, 3.8) is 0 Å². The minimum atomic E-state index is -0.236. The second-order valence-electron chi connectivity index (χ2n) is 3.39. The average Bonchev–Trinajstić information content (AvgIpc) is 2.55. The van der Waals surface area contributed by atoms with Gasteiger partial charge in [0.25, 0.3) is 11.8 Å². The lowest BCUT2D eigenvalue weighted by Crippen LogP contribution is -2.29. The number of nitrogens with zero attached hydrogens (tertiary/aromatic N) is 1. The Labute approximate surface area is 98.3 Å². The number of benzene rings is 1. The zero-order valence-electron chi connectivity index (χ0n) is 8.52. The lowest BCUT2D eigenvalue weighted by Gasteiger charge is -2.09. The molecule has 1 heterocycles. The summed E-state index contributed by atoms with van der Waals surface area (Å²) in [7, 11) is 0. The van der Waals surface area contributed by atoms with Crippen molar-refractivity contribution < 1.29 is 9.59 Å². The third-order valence-electron chi connectivity index (χ3n) is 2.42. The van der Waals surface area contributed by atoms with Crippen molar-refractivity contribution in [1.29, 1.82) is 0 Å². The minimum absolute atomic E-state index is 0.236. The predicted molar refractivity (Wildman–Crippen MR) is 61.7 cm³/mol. The zero-order valence-corrected chi connectivity index (χ0v) is 9.28. The highest BCUT2D eigenvalue weighted by molar-refractivity contribution is 6.21. The summed E-state index contributed by atoms with van der Waals surface area (Å²) in [5.74, 6) is -0.0944. The maximum atomic E-state index is 11.8. The number of fused-ring (bicyclic) bond motifs is 1. The molecule has 1 aliphatic rings. The number of halogens is 1. The Hall–Kier alpha value is -1.61. The van der Waals surface area contributed by atoms with Gasteiger partial charge in [0.1, 0.15) is 0 Å². The van der Waals surface area contributed by atoms with Crippen LogP contribution < -0.4 is 0 Å². The highest BCUT2D eigenvalue weighted by Gasteiger charge is 2.33. The molecule has 1 aliphatic heterocycles. The number of amides is 2. The number of rotatable bonds is 3. The highest BCUT2D eigenvalue weighted by atomic mass is 35.5. The molecule has 0 radical (unpaired) electrons. The van der Waals surface area contributed by atoms with Crippen molar-refractivity contribution in [1.82, 2.24) is 4.90 Å². The van der Waals surface area contributed by atoms with Crippen LogP contribution in [0.4, 0.5) is 0 Å². The van der Waals surface area contributed by atoms with Crippen molar-refractivity contribution in [2.24, 2.45) is 0 Å². The summed E-state index contributed by atoms with van der Waals surface area (Å²) in [4.78, 5) is 24.9. The summed E-state index contributed by atoms with van der Waals surface area (Å²) < 4.78 is 0. The molecular formula is C12H10ClNO2. The molecule has 2 rings (SSSR count). The van der Waals surface area contributed by atoms with E-state index in [-0.39, 0.29) is 18.4 Å². The fourth-order valence-electron chi connectivity index (χ4n) is 1.65. The highest BCUT2D eigenvalue weighted by Crippen LogP contribution is 2.21. The Morgan fingerprint density at radius 3 is 2.12 bits per heavy atom. The first-order valence-corrected chi connectivity index (χ1v) is 5.45. The van der Waals surface area contributed by atoms with Gasteiger partial charge in [-0.25, -0.2) is 0 Å². The SMILES string of the molecule is O=C1c2ccccc2C(=O)N1C/C=C\CCl. The molecule has 0 saturated heterocycles. The summed E-state index contributed by atoms with van der Waals surface area (Å²) in [5.41, 5.74) is 0.957. The van der Waals surface area contributed by atoms with Crippen molar-refractivity contribution >= 4 is 23.4 Å². The Morgan fingerprint density at radius 2 is 1.62 bits per heavy atom. The lowest BCUT2D eigenvalue weighted by molar-refractivity contribution is 0.0672. The first kappa shape index (κ1) is 10.9. The topological polar surface area (TPSA) is 37.4 Å². The van der Waals surface area contributed by atoms with Crippen LogP contribution in [0.1, 0.15) is 20.7 Å². The van der Waals surface area contributed by atoms with Crippen LogP contribution in [0.3, 0.4) is 0 Å². The summed E-state index contributed by atoms with van der Waals surface area (Å²) >= 11 is 5.47. The quantitative estimate of drug-likeness (QED) is 0.457. The number of carbonyl (C=O) groups excluding carboxylic acids is 2. The van der Waals surface area contributed by atoms with E-state index < -0.39 is 0 Å². The van der Waals surface area contributed by atoms with Crippen LogP contribution in [-0.2, 0) is 0 Å². The van der Waals surface area contributed by atoms with Gasteiger partial charge in [-0.3, -0.25) is 14.5 Å². The van der Waals surface area contributed by atoms with Crippen molar-refractivity contribution in [2.45, 2.75) is 0 Å². The van der Waals surface area contributed by atoms with E-state index in [1.165, 1.54) is 4.90 Å². The molecule has 0 spiro atoms. The van der Waals surface area contributed by atoms with E-state index in [1.807, 2.05) is 0 Å². The van der Waals surface area contributed by atoms with Gasteiger partial charge in [0.2, 0.25) is 0 Å². The number of hydrogen-bond acceptors (Lipinski definition) is 2. The summed E-state index contributed by atoms with van der Waals surface area (Å²) in [6.07, 6.45) is 3.43. The summed E-state index contributed by atoms with van der Waals surface area (Å²) in [6, 6.07) is 6.84. The Balaban J connectivity index is 2.25. The monoisotopic (exact) mass is 235 g/mol. The maximum absolute atomic E-state index is 11.8. The van der Waals surface area contributed by atoms with Gasteiger partial charge >= 0.3 is 0 Å². The van der Waals surface area contributed by atoms with Crippen LogP contribution in [0.15, 0.2) is 36.4 Å². The molecule has 3 nitrogen and oxygen atoms in total. The fourth-order valence-corrected chi connectivity index (χ4v) is 1.77. The van der Waals surface area contributed by atoms with E-state index in [0.717, 1.165) is 0 Å². The van der Waals surface area contributed by atoms with E-state index in [2.05, 4.69) is 0 Å². The van der Waals surface area contributed by atoms with Crippen LogP contribution in [0.25, 0.3) is 0 Å². The van der Waals surface area contributed by atoms with Crippen LogP contribution in [0.5, 0.6) is 0 Å². The van der Waals surface area contributed by atoms with E-state index in [4.69, 9.17) is 11.6 Å². The zero-order chi connectivity index (χ0) is 11.5. The Morgan fingerprint density at radius 1 is 1.06 bits per heavy atom. The number of carbonyl (C=O) groups is 2. The first-order valence-electron chi connectivity index (χ1n) is 4.92. The molecule has 0 N–H and O–H groups in total. The minimum Gasteiger partial charge on any atom is -0.270 e. The largest absolute Gasteiger partial charge is 0.270 e. The van der Waals surface area contributed by atoms with Gasteiger partial charge in [-0.05, 0) is 12.1 Å². The van der Waals surface area contributed by atoms with E-state index in [9.17, 15) is 9.59 Å². The van der Waals surface area contributed by atoms with Gasteiger partial charge in [-0.2, -0.15) is 0 Å². The van der Waals surface area contributed by atoms with Crippen LogP contribution in [0, 0.1) is 0 Å². The maximum Gasteiger partial charge on any atom is 0.261 e. The van der Waals surface area contributed by atoms with E-state index in [1.54, 1.807) is 36.4 Å². The molecule has 16 heavy (non-hydrogen) atoms. The van der Waals surface area contributed by atoms with Gasteiger partial charge in [0, 0.05) is 12.4 Å². The standard InChI is InChI=1S/C12H10ClNO2/c13-7-3-4-8-14-11(15)9-5-1-2-6-10(9)12(14)16/h1-6H,7-8H2/b4-3-. The second-order valence-corrected chi connectivity index (χ2v) is 3.70. The van der Waals surface area contributed by atoms with Gasteiger partial charge in [-0.15, -0.1) is 11.6 Å². The molecule has 82 valence electrons. The third-order valence-corrected chi connectivity index (χ3v) is 2.60. The molecule has 0 aliphatic carbocycles.